The third-order valence-electron chi connectivity index (χ3n) is 5.51. The highest BCUT2D eigenvalue weighted by Crippen LogP contribution is 2.60. The Kier molecular flexibility index (Phi) is 3.09. The molecule has 0 bridgehead atoms. The summed E-state index contributed by atoms with van der Waals surface area (Å²) in [4.78, 5) is 13.0. The number of carbonyl (C=O) groups excluding carboxylic acids is 1. The van der Waals surface area contributed by atoms with Crippen LogP contribution in [0.1, 0.15) is 10.5 Å². The van der Waals surface area contributed by atoms with Crippen LogP contribution in [0.15, 0.2) is 29.3 Å². The lowest BCUT2D eigenvalue weighted by atomic mass is 9.77. The highest BCUT2D eigenvalue weighted by atomic mass is 32.2. The van der Waals surface area contributed by atoms with Crippen LogP contribution in [0.2, 0.25) is 0 Å². The van der Waals surface area contributed by atoms with Gasteiger partial charge in [-0.3, -0.25) is 4.79 Å². The number of fused-ring (bicyclic) bond motifs is 4. The van der Waals surface area contributed by atoms with E-state index in [0.29, 0.717) is 13.1 Å². The van der Waals surface area contributed by atoms with Gasteiger partial charge in [0.05, 0.1) is 6.20 Å². The van der Waals surface area contributed by atoms with Crippen molar-refractivity contribution < 1.29 is 22.0 Å². The van der Waals surface area contributed by atoms with Crippen molar-refractivity contribution in [1.82, 2.24) is 24.6 Å². The fourth-order valence-corrected chi connectivity index (χ4v) is 6.34. The summed E-state index contributed by atoms with van der Waals surface area (Å²) in [5.74, 6) is -2.50. The second-order valence-corrected chi connectivity index (χ2v) is 8.54. The van der Waals surface area contributed by atoms with Crippen molar-refractivity contribution in [3.63, 3.8) is 0 Å². The number of aromatic nitrogens is 3. The Morgan fingerprint density at radius 1 is 1.15 bits per heavy atom. The zero-order valence-corrected chi connectivity index (χ0v) is 14.0. The zero-order chi connectivity index (χ0) is 18.2. The first-order chi connectivity index (χ1) is 12.4. The first-order valence-corrected chi connectivity index (χ1v) is 9.48. The topological polar surface area (TPSA) is 99.0 Å². The van der Waals surface area contributed by atoms with E-state index in [1.54, 1.807) is 4.90 Å². The van der Waals surface area contributed by atoms with Crippen LogP contribution < -0.4 is 0 Å². The van der Waals surface area contributed by atoms with Crippen LogP contribution in [0.3, 0.4) is 0 Å². The minimum atomic E-state index is -4.23. The number of rotatable bonds is 3. The minimum Gasteiger partial charge on any atom is -0.336 e. The van der Waals surface area contributed by atoms with Gasteiger partial charge < -0.3 is 4.90 Å². The number of benzene rings is 1. The van der Waals surface area contributed by atoms with Gasteiger partial charge in [0.1, 0.15) is 11.6 Å². The van der Waals surface area contributed by atoms with Crippen molar-refractivity contribution in [1.29, 1.82) is 0 Å². The molecule has 1 aromatic heterocycles. The lowest BCUT2D eigenvalue weighted by molar-refractivity contribution is 0.0779. The number of sulfonamides is 1. The van der Waals surface area contributed by atoms with E-state index in [2.05, 4.69) is 15.4 Å². The number of halogens is 2. The van der Waals surface area contributed by atoms with E-state index in [1.807, 2.05) is 0 Å². The fourth-order valence-electron chi connectivity index (χ4n) is 4.35. The van der Waals surface area contributed by atoms with Gasteiger partial charge in [-0.15, -0.1) is 0 Å². The number of likely N-dealkylation sites (tertiary alicyclic amines) is 1. The summed E-state index contributed by atoms with van der Waals surface area (Å²) in [6.45, 7) is 0.784. The molecule has 0 spiro atoms. The minimum absolute atomic E-state index is 0.0274. The van der Waals surface area contributed by atoms with E-state index >= 15 is 0 Å². The molecular formula is C15H13F2N5O3S. The van der Waals surface area contributed by atoms with Crippen LogP contribution in [0.5, 0.6) is 0 Å². The Morgan fingerprint density at radius 2 is 1.77 bits per heavy atom. The molecule has 1 N–H and O–H groups in total. The highest BCUT2D eigenvalue weighted by molar-refractivity contribution is 7.89. The molecule has 0 radical (unpaired) electrons. The maximum atomic E-state index is 13.9. The van der Waals surface area contributed by atoms with Crippen LogP contribution in [-0.4, -0.2) is 64.1 Å². The van der Waals surface area contributed by atoms with Crippen LogP contribution in [0, 0.1) is 23.5 Å². The van der Waals surface area contributed by atoms with Gasteiger partial charge in [-0.25, -0.2) is 17.2 Å². The molecule has 26 heavy (non-hydrogen) atoms. The highest BCUT2D eigenvalue weighted by Gasteiger charge is 2.74. The van der Waals surface area contributed by atoms with Gasteiger partial charge in [0.2, 0.25) is 10.0 Å². The van der Waals surface area contributed by atoms with E-state index in [4.69, 9.17) is 0 Å². The van der Waals surface area contributed by atoms with Gasteiger partial charge in [0, 0.05) is 37.0 Å². The SMILES string of the molecule is O=C(c1cn[nH]n1)N1C[C@@H]2C3C([C@@H]2C1)N3S(=O)(=O)c1c(F)cccc1F. The monoisotopic (exact) mass is 381 g/mol. The second-order valence-electron chi connectivity index (χ2n) is 6.76. The molecule has 2 saturated heterocycles. The molecule has 136 valence electrons. The molecule has 1 amide bonds. The maximum absolute atomic E-state index is 13.9. The van der Waals surface area contributed by atoms with Gasteiger partial charge in [-0.05, 0) is 12.1 Å². The van der Waals surface area contributed by atoms with Gasteiger partial charge >= 0.3 is 0 Å². The van der Waals surface area contributed by atoms with Crippen LogP contribution in [0.25, 0.3) is 0 Å². The molecule has 3 fully saturated rings. The van der Waals surface area contributed by atoms with Gasteiger partial charge in [0.25, 0.3) is 5.91 Å². The summed E-state index contributed by atoms with van der Waals surface area (Å²) in [6.07, 6.45) is 1.33. The van der Waals surface area contributed by atoms with Crippen molar-refractivity contribution in [2.24, 2.45) is 11.8 Å². The average molecular weight is 381 g/mol. The molecule has 11 heteroatoms. The predicted octanol–water partition coefficient (Wildman–Crippen LogP) is 0.226. The standard InChI is InChI=1S/C15H13F2N5O3S/c16-9-2-1-3-10(17)14(9)26(24,25)22-12-7-5-21(6-8(7)13(12)22)15(23)11-4-18-20-19-11/h1-4,7-8,12-13H,5-6H2,(H,18,19,20)/t7-,8+,12?,13?,22?. The van der Waals surface area contributed by atoms with Crippen LogP contribution >= 0.6 is 0 Å². The Morgan fingerprint density at radius 3 is 2.31 bits per heavy atom. The van der Waals surface area contributed by atoms with E-state index in [9.17, 15) is 22.0 Å². The first kappa shape index (κ1) is 15.8. The van der Waals surface area contributed by atoms with Crippen molar-refractivity contribution in [3.8, 4) is 0 Å². The van der Waals surface area contributed by atoms with Crippen LogP contribution in [-0.2, 0) is 10.0 Å². The normalized spacial score (nSPS) is 31.9. The maximum Gasteiger partial charge on any atom is 0.276 e. The van der Waals surface area contributed by atoms with Crippen molar-refractivity contribution in [3.05, 3.63) is 41.7 Å². The van der Waals surface area contributed by atoms with E-state index in [0.717, 1.165) is 18.2 Å². The summed E-state index contributed by atoms with van der Waals surface area (Å²) in [7, 11) is -4.23. The van der Waals surface area contributed by atoms with Crippen molar-refractivity contribution in [2.75, 3.05) is 13.1 Å². The largest absolute Gasteiger partial charge is 0.336 e. The molecule has 3 unspecified atom stereocenters. The fraction of sp³-hybridized carbons (Fsp3) is 0.400. The second kappa shape index (κ2) is 5.07. The lowest BCUT2D eigenvalue weighted by Crippen LogP contribution is -2.34. The Balaban J connectivity index is 1.35. The van der Waals surface area contributed by atoms with E-state index in [-0.39, 0.29) is 35.5 Å². The molecule has 3 aliphatic rings. The van der Waals surface area contributed by atoms with Crippen LogP contribution in [0.4, 0.5) is 8.78 Å². The number of hydrogen-bond donors (Lipinski definition) is 1. The van der Waals surface area contributed by atoms with Gasteiger partial charge in [-0.1, -0.05) is 6.07 Å². The van der Waals surface area contributed by atoms with Crippen molar-refractivity contribution >= 4 is 15.9 Å². The Bertz CT molecular complexity index is 974. The molecule has 3 heterocycles. The van der Waals surface area contributed by atoms with E-state index < -0.39 is 26.6 Å². The zero-order valence-electron chi connectivity index (χ0n) is 13.2. The lowest BCUT2D eigenvalue weighted by Gasteiger charge is -2.23. The summed E-state index contributed by atoms with van der Waals surface area (Å²) in [6, 6.07) is 2.38. The Hall–Kier alpha value is -2.40. The smallest absolute Gasteiger partial charge is 0.276 e. The molecule has 5 atom stereocenters. The molecule has 8 nitrogen and oxygen atoms in total. The summed E-state index contributed by atoms with van der Waals surface area (Å²) >= 11 is 0. The van der Waals surface area contributed by atoms with Gasteiger partial charge in [0.15, 0.2) is 10.6 Å². The molecule has 2 aliphatic heterocycles. The molecule has 1 saturated carbocycles. The number of aromatic amines is 1. The number of H-pyrrole nitrogens is 1. The number of nitrogens with one attached hydrogen (secondary N) is 1. The number of nitrogens with zero attached hydrogens (tertiary/aromatic N) is 4. The third kappa shape index (κ3) is 1.95. The molecular weight excluding hydrogens is 368 g/mol. The number of amides is 1. The molecule has 2 aromatic rings. The number of carbonyl (C=O) groups is 1. The average Bonchev–Trinajstić information content (AvgIpc) is 2.92. The molecule has 1 aliphatic carbocycles. The summed E-state index contributed by atoms with van der Waals surface area (Å²) in [5.41, 5.74) is 0.206. The quantitative estimate of drug-likeness (QED) is 0.768. The summed E-state index contributed by atoms with van der Waals surface area (Å²) < 4.78 is 54.3. The third-order valence-corrected chi connectivity index (χ3v) is 7.46. The predicted molar refractivity (Wildman–Crippen MR) is 82.2 cm³/mol. The van der Waals surface area contributed by atoms with E-state index in [1.165, 1.54) is 10.5 Å². The first-order valence-electron chi connectivity index (χ1n) is 8.04. The Labute approximate surface area is 146 Å². The number of hydrogen-bond acceptors (Lipinski definition) is 5. The molecule has 5 rings (SSSR count). The van der Waals surface area contributed by atoms with Crippen molar-refractivity contribution in [2.45, 2.75) is 17.0 Å². The van der Waals surface area contributed by atoms with Gasteiger partial charge in [-0.2, -0.15) is 19.7 Å². The molecule has 1 aromatic carbocycles. The summed E-state index contributed by atoms with van der Waals surface area (Å²) in [5, 5.41) is 9.74.